The van der Waals surface area contributed by atoms with E-state index < -0.39 is 6.10 Å². The Balaban J connectivity index is 0.00000242. The van der Waals surface area contributed by atoms with E-state index in [0.717, 1.165) is 25.9 Å². The smallest absolute Gasteiger partial charge is 0.263 e. The van der Waals surface area contributed by atoms with Crippen LogP contribution in [0.2, 0.25) is 10.0 Å². The summed E-state index contributed by atoms with van der Waals surface area (Å²) in [4.78, 5) is 14.4. The molecule has 1 heterocycles. The predicted octanol–water partition coefficient (Wildman–Crippen LogP) is 3.39. The molecular formula is C15H21Cl3N2O2. The number of nitrogens with zero attached hydrogens (tertiary/aromatic N) is 1. The Morgan fingerprint density at radius 3 is 2.86 bits per heavy atom. The molecule has 0 bridgehead atoms. The third kappa shape index (κ3) is 4.66. The van der Waals surface area contributed by atoms with Gasteiger partial charge in [-0.2, -0.15) is 0 Å². The summed E-state index contributed by atoms with van der Waals surface area (Å²) in [5, 5.41) is 4.08. The summed E-state index contributed by atoms with van der Waals surface area (Å²) in [6.07, 6.45) is 1.49. The van der Waals surface area contributed by atoms with E-state index in [0.29, 0.717) is 15.8 Å². The van der Waals surface area contributed by atoms with Crippen molar-refractivity contribution >= 4 is 41.5 Å². The Bertz CT molecular complexity index is 514. The number of likely N-dealkylation sites (tertiary alicyclic amines) is 1. The lowest BCUT2D eigenvalue weighted by molar-refractivity contribution is -0.138. The van der Waals surface area contributed by atoms with Crippen molar-refractivity contribution in [3.8, 4) is 5.75 Å². The van der Waals surface area contributed by atoms with E-state index in [9.17, 15) is 4.79 Å². The molecule has 2 atom stereocenters. The molecule has 1 aromatic carbocycles. The highest BCUT2D eigenvalue weighted by Gasteiger charge is 2.31. The second-order valence-electron chi connectivity index (χ2n) is 5.22. The molecule has 1 amide bonds. The van der Waals surface area contributed by atoms with Crippen LogP contribution in [0.15, 0.2) is 18.2 Å². The molecule has 4 nitrogen and oxygen atoms in total. The van der Waals surface area contributed by atoms with E-state index in [4.69, 9.17) is 27.9 Å². The van der Waals surface area contributed by atoms with Gasteiger partial charge >= 0.3 is 0 Å². The molecular weight excluding hydrogens is 347 g/mol. The van der Waals surface area contributed by atoms with Crippen LogP contribution in [0.1, 0.15) is 19.8 Å². The maximum Gasteiger partial charge on any atom is 0.263 e. The number of ether oxygens (including phenoxy) is 1. The molecule has 0 spiro atoms. The van der Waals surface area contributed by atoms with Gasteiger partial charge in [0.15, 0.2) is 6.10 Å². The monoisotopic (exact) mass is 366 g/mol. The SMILES string of the molecule is CNCC1CCCN1C(=O)C(C)Oc1ccc(Cl)cc1Cl.Cl. The van der Waals surface area contributed by atoms with Crippen molar-refractivity contribution in [2.24, 2.45) is 0 Å². The minimum absolute atomic E-state index is 0. The first-order valence-electron chi connectivity index (χ1n) is 7.09. The molecule has 2 rings (SSSR count). The van der Waals surface area contributed by atoms with Crippen molar-refractivity contribution in [2.45, 2.75) is 31.9 Å². The van der Waals surface area contributed by atoms with Crippen molar-refractivity contribution < 1.29 is 9.53 Å². The van der Waals surface area contributed by atoms with Gasteiger partial charge in [-0.05, 0) is 45.0 Å². The van der Waals surface area contributed by atoms with Crippen LogP contribution in [0.5, 0.6) is 5.75 Å². The number of carbonyl (C=O) groups is 1. The third-order valence-electron chi connectivity index (χ3n) is 3.65. The number of hydrogen-bond acceptors (Lipinski definition) is 3. The van der Waals surface area contributed by atoms with E-state index in [1.54, 1.807) is 25.1 Å². The quantitative estimate of drug-likeness (QED) is 0.867. The molecule has 1 aliphatic rings. The fourth-order valence-electron chi connectivity index (χ4n) is 2.62. The van der Waals surface area contributed by atoms with Crippen molar-refractivity contribution in [3.05, 3.63) is 28.2 Å². The summed E-state index contributed by atoms with van der Waals surface area (Å²) < 4.78 is 5.70. The Morgan fingerprint density at radius 1 is 1.50 bits per heavy atom. The van der Waals surface area contributed by atoms with Gasteiger partial charge < -0.3 is 15.0 Å². The average Bonchev–Trinajstić information content (AvgIpc) is 2.89. The maximum absolute atomic E-state index is 12.5. The van der Waals surface area contributed by atoms with E-state index >= 15 is 0 Å². The van der Waals surface area contributed by atoms with Crippen LogP contribution < -0.4 is 10.1 Å². The van der Waals surface area contributed by atoms with Gasteiger partial charge in [-0.3, -0.25) is 4.79 Å². The maximum atomic E-state index is 12.5. The van der Waals surface area contributed by atoms with E-state index in [1.807, 2.05) is 11.9 Å². The van der Waals surface area contributed by atoms with Crippen LogP contribution >= 0.6 is 35.6 Å². The molecule has 1 fully saturated rings. The Morgan fingerprint density at radius 2 is 2.23 bits per heavy atom. The fourth-order valence-corrected chi connectivity index (χ4v) is 3.07. The standard InChI is InChI=1S/C15H20Cl2N2O2.ClH/c1-10(21-14-6-5-11(16)8-13(14)17)15(20)19-7-3-4-12(19)9-18-2;/h5-6,8,10,12,18H,3-4,7,9H2,1-2H3;1H. The first-order valence-corrected chi connectivity index (χ1v) is 7.85. The van der Waals surface area contributed by atoms with Gasteiger partial charge in [0.05, 0.1) is 5.02 Å². The number of hydrogen-bond donors (Lipinski definition) is 1. The van der Waals surface area contributed by atoms with Crippen LogP contribution in [0.3, 0.4) is 0 Å². The number of halogens is 3. The summed E-state index contributed by atoms with van der Waals surface area (Å²) in [6.45, 7) is 3.34. The van der Waals surface area contributed by atoms with Crippen molar-refractivity contribution in [2.75, 3.05) is 20.1 Å². The average molecular weight is 368 g/mol. The number of amides is 1. The van der Waals surface area contributed by atoms with Gasteiger partial charge in [-0.15, -0.1) is 12.4 Å². The number of nitrogens with one attached hydrogen (secondary N) is 1. The van der Waals surface area contributed by atoms with Crippen LogP contribution in [0, 0.1) is 0 Å². The van der Waals surface area contributed by atoms with Crippen molar-refractivity contribution in [1.82, 2.24) is 10.2 Å². The van der Waals surface area contributed by atoms with Gasteiger partial charge in [0.2, 0.25) is 0 Å². The second-order valence-corrected chi connectivity index (χ2v) is 6.06. The molecule has 0 aliphatic carbocycles. The largest absolute Gasteiger partial charge is 0.479 e. The second kappa shape index (κ2) is 8.82. The highest BCUT2D eigenvalue weighted by molar-refractivity contribution is 6.35. The molecule has 7 heteroatoms. The zero-order chi connectivity index (χ0) is 15.4. The number of likely N-dealkylation sites (N-methyl/N-ethyl adjacent to an activating group) is 1. The zero-order valence-corrected chi connectivity index (χ0v) is 15.0. The Kier molecular flexibility index (Phi) is 7.77. The van der Waals surface area contributed by atoms with Crippen LogP contribution in [-0.2, 0) is 4.79 Å². The Labute approximate surface area is 147 Å². The minimum atomic E-state index is -0.568. The first kappa shape index (κ1) is 19.4. The van der Waals surface area contributed by atoms with Gasteiger partial charge in [-0.25, -0.2) is 0 Å². The van der Waals surface area contributed by atoms with Crippen LogP contribution in [0.4, 0.5) is 0 Å². The predicted molar refractivity (Wildman–Crippen MR) is 92.5 cm³/mol. The van der Waals surface area contributed by atoms with Crippen LogP contribution in [-0.4, -0.2) is 43.1 Å². The molecule has 2 unspecified atom stereocenters. The number of carbonyl (C=O) groups excluding carboxylic acids is 1. The molecule has 22 heavy (non-hydrogen) atoms. The molecule has 0 radical (unpaired) electrons. The summed E-state index contributed by atoms with van der Waals surface area (Å²) in [5.41, 5.74) is 0. The Hall–Kier alpha value is -0.680. The lowest BCUT2D eigenvalue weighted by atomic mass is 10.2. The van der Waals surface area contributed by atoms with E-state index in [1.165, 1.54) is 0 Å². The molecule has 0 saturated carbocycles. The highest BCUT2D eigenvalue weighted by atomic mass is 35.5. The van der Waals surface area contributed by atoms with Crippen LogP contribution in [0.25, 0.3) is 0 Å². The molecule has 1 saturated heterocycles. The summed E-state index contributed by atoms with van der Waals surface area (Å²) in [5.74, 6) is 0.477. The fraction of sp³-hybridized carbons (Fsp3) is 0.533. The normalized spacial score (nSPS) is 18.7. The zero-order valence-electron chi connectivity index (χ0n) is 12.6. The minimum Gasteiger partial charge on any atom is -0.479 e. The van der Waals surface area contributed by atoms with E-state index in [2.05, 4.69) is 5.32 Å². The summed E-state index contributed by atoms with van der Waals surface area (Å²) in [6, 6.07) is 5.23. The topological polar surface area (TPSA) is 41.6 Å². The number of rotatable bonds is 5. The highest BCUT2D eigenvalue weighted by Crippen LogP contribution is 2.29. The molecule has 1 N–H and O–H groups in total. The third-order valence-corrected chi connectivity index (χ3v) is 4.18. The van der Waals surface area contributed by atoms with Gasteiger partial charge in [0.25, 0.3) is 5.91 Å². The molecule has 1 aromatic rings. The lowest BCUT2D eigenvalue weighted by Crippen LogP contribution is -2.46. The van der Waals surface area contributed by atoms with E-state index in [-0.39, 0.29) is 24.4 Å². The van der Waals surface area contributed by atoms with Crippen molar-refractivity contribution in [3.63, 3.8) is 0 Å². The van der Waals surface area contributed by atoms with Gasteiger partial charge in [0, 0.05) is 24.2 Å². The molecule has 0 aromatic heterocycles. The number of benzene rings is 1. The van der Waals surface area contributed by atoms with Gasteiger partial charge in [-0.1, -0.05) is 23.2 Å². The molecule has 124 valence electrons. The van der Waals surface area contributed by atoms with Gasteiger partial charge in [0.1, 0.15) is 5.75 Å². The summed E-state index contributed by atoms with van der Waals surface area (Å²) in [7, 11) is 1.90. The van der Waals surface area contributed by atoms with Crippen molar-refractivity contribution in [1.29, 1.82) is 0 Å². The molecule has 1 aliphatic heterocycles. The summed E-state index contributed by atoms with van der Waals surface area (Å²) >= 11 is 11.9. The first-order chi connectivity index (χ1) is 10.0. The lowest BCUT2D eigenvalue weighted by Gasteiger charge is -2.27.